The molecule has 1 saturated heterocycles. The normalized spacial score (nSPS) is 18.8. The van der Waals surface area contributed by atoms with Gasteiger partial charge in [0.2, 0.25) is 0 Å². The molecule has 1 amide bonds. The van der Waals surface area contributed by atoms with Gasteiger partial charge in [-0.2, -0.15) is 0 Å². The standard InChI is InChI=1S/C25H29F3N4O2/c1-6-16(7-2)17-8-21(22(10-20(17)26)32-11-14(3)29-15(4)12-32)30-25(34)19-13-31(5)23(33)9-18(19)24(27)28/h6-10,13-15,24,29H,1,11-12H2,2-5H3,(H,30,34)/b16-7+/t14-,15+. The van der Waals surface area contributed by atoms with Gasteiger partial charge in [0.1, 0.15) is 5.82 Å². The fourth-order valence-corrected chi connectivity index (χ4v) is 4.26. The van der Waals surface area contributed by atoms with Gasteiger partial charge in [0.05, 0.1) is 16.9 Å². The molecule has 2 atom stereocenters. The van der Waals surface area contributed by atoms with E-state index < -0.39 is 29.3 Å². The number of halogens is 3. The Hall–Kier alpha value is -3.33. The zero-order valence-electron chi connectivity index (χ0n) is 19.7. The number of carbonyl (C=O) groups is 1. The van der Waals surface area contributed by atoms with E-state index in [0.717, 1.165) is 16.8 Å². The monoisotopic (exact) mass is 474 g/mol. The number of piperazine rings is 1. The van der Waals surface area contributed by atoms with Crippen LogP contribution >= 0.6 is 0 Å². The second kappa shape index (κ2) is 10.3. The summed E-state index contributed by atoms with van der Waals surface area (Å²) >= 11 is 0. The Kier molecular flexibility index (Phi) is 7.66. The molecule has 182 valence electrons. The lowest BCUT2D eigenvalue weighted by atomic mass is 10.0. The average Bonchev–Trinajstić information content (AvgIpc) is 2.77. The number of anilines is 2. The van der Waals surface area contributed by atoms with E-state index in [-0.39, 0.29) is 28.9 Å². The van der Waals surface area contributed by atoms with Crippen molar-refractivity contribution in [3.63, 3.8) is 0 Å². The first-order valence-electron chi connectivity index (χ1n) is 11.0. The summed E-state index contributed by atoms with van der Waals surface area (Å²) in [6.07, 6.45) is 1.26. The summed E-state index contributed by atoms with van der Waals surface area (Å²) in [7, 11) is 1.38. The number of nitrogens with one attached hydrogen (secondary N) is 2. The second-order valence-electron chi connectivity index (χ2n) is 8.52. The number of hydrogen-bond acceptors (Lipinski definition) is 4. The van der Waals surface area contributed by atoms with E-state index in [0.29, 0.717) is 24.4 Å². The van der Waals surface area contributed by atoms with Crippen LogP contribution in [0.3, 0.4) is 0 Å². The van der Waals surface area contributed by atoms with Crippen molar-refractivity contribution in [1.82, 2.24) is 9.88 Å². The van der Waals surface area contributed by atoms with E-state index in [9.17, 15) is 18.4 Å². The summed E-state index contributed by atoms with van der Waals surface area (Å²) in [4.78, 5) is 27.0. The molecule has 6 nitrogen and oxygen atoms in total. The predicted octanol–water partition coefficient (Wildman–Crippen LogP) is 4.49. The number of benzene rings is 1. The van der Waals surface area contributed by atoms with E-state index in [1.165, 1.54) is 25.3 Å². The van der Waals surface area contributed by atoms with Crippen LogP contribution in [-0.4, -0.2) is 35.6 Å². The van der Waals surface area contributed by atoms with Gasteiger partial charge in [-0.25, -0.2) is 13.2 Å². The lowest BCUT2D eigenvalue weighted by molar-refractivity contribution is 0.101. The Labute approximate surface area is 196 Å². The molecule has 0 radical (unpaired) electrons. The van der Waals surface area contributed by atoms with Crippen LogP contribution in [0.1, 0.15) is 48.7 Å². The Bertz CT molecular complexity index is 1180. The number of alkyl halides is 2. The molecule has 0 spiro atoms. The fourth-order valence-electron chi connectivity index (χ4n) is 4.26. The highest BCUT2D eigenvalue weighted by Gasteiger charge is 2.26. The zero-order chi connectivity index (χ0) is 25.2. The molecule has 2 heterocycles. The minimum atomic E-state index is -3.01. The van der Waals surface area contributed by atoms with Crippen molar-refractivity contribution in [2.75, 3.05) is 23.3 Å². The van der Waals surface area contributed by atoms with Crippen LogP contribution in [0.4, 0.5) is 24.5 Å². The summed E-state index contributed by atoms with van der Waals surface area (Å²) in [5.74, 6) is -1.31. The van der Waals surface area contributed by atoms with Gasteiger partial charge in [-0.15, -0.1) is 0 Å². The Morgan fingerprint density at radius 3 is 2.41 bits per heavy atom. The first-order valence-corrected chi connectivity index (χ1v) is 11.0. The number of nitrogens with zero attached hydrogens (tertiary/aromatic N) is 2. The second-order valence-corrected chi connectivity index (χ2v) is 8.52. The number of aryl methyl sites for hydroxylation is 1. The maximum absolute atomic E-state index is 15.2. The van der Waals surface area contributed by atoms with Crippen molar-refractivity contribution >= 4 is 22.9 Å². The summed E-state index contributed by atoms with van der Waals surface area (Å²) < 4.78 is 43.4. The molecule has 0 bridgehead atoms. The van der Waals surface area contributed by atoms with Crippen LogP contribution in [0.2, 0.25) is 0 Å². The van der Waals surface area contributed by atoms with Crippen LogP contribution in [0.25, 0.3) is 5.57 Å². The molecule has 1 aliphatic heterocycles. The van der Waals surface area contributed by atoms with Gasteiger partial charge in [-0.1, -0.05) is 18.7 Å². The third-order valence-corrected chi connectivity index (χ3v) is 5.81. The first-order chi connectivity index (χ1) is 16.0. The van der Waals surface area contributed by atoms with E-state index in [4.69, 9.17) is 0 Å². The van der Waals surface area contributed by atoms with Gasteiger partial charge in [0.25, 0.3) is 17.9 Å². The molecule has 1 aliphatic rings. The number of hydrogen-bond donors (Lipinski definition) is 2. The molecule has 0 aliphatic carbocycles. The van der Waals surface area contributed by atoms with Crippen molar-refractivity contribution in [3.8, 4) is 0 Å². The summed E-state index contributed by atoms with van der Waals surface area (Å²) in [5, 5.41) is 6.09. The maximum atomic E-state index is 15.2. The van der Waals surface area contributed by atoms with Crippen molar-refractivity contribution in [2.24, 2.45) is 7.05 Å². The van der Waals surface area contributed by atoms with Crippen LogP contribution in [-0.2, 0) is 7.05 Å². The van der Waals surface area contributed by atoms with E-state index in [2.05, 4.69) is 17.2 Å². The van der Waals surface area contributed by atoms with Crippen LogP contribution in [0.15, 0.2) is 47.9 Å². The summed E-state index contributed by atoms with van der Waals surface area (Å²) in [6.45, 7) is 10.6. The number of aromatic nitrogens is 1. The zero-order valence-corrected chi connectivity index (χ0v) is 19.7. The smallest absolute Gasteiger partial charge is 0.264 e. The predicted molar refractivity (Wildman–Crippen MR) is 129 cm³/mol. The van der Waals surface area contributed by atoms with E-state index in [1.807, 2.05) is 18.7 Å². The minimum Gasteiger partial charge on any atom is -0.367 e. The highest BCUT2D eigenvalue weighted by atomic mass is 19.3. The SMILES string of the molecule is C=C/C(=C\C)c1cc(NC(=O)c2cn(C)c(=O)cc2C(F)F)c(N2C[C@@H](C)N[C@@H](C)C2)cc1F. The summed E-state index contributed by atoms with van der Waals surface area (Å²) in [6, 6.07) is 3.82. The lowest BCUT2D eigenvalue weighted by Crippen LogP contribution is -2.54. The average molecular weight is 475 g/mol. The molecule has 0 unspecified atom stereocenters. The number of carbonyl (C=O) groups excluding carboxylic acids is 1. The molecule has 1 fully saturated rings. The highest BCUT2D eigenvalue weighted by molar-refractivity contribution is 6.07. The Balaban J connectivity index is 2.13. The molecule has 0 saturated carbocycles. The molecule has 34 heavy (non-hydrogen) atoms. The number of pyridine rings is 1. The molecule has 1 aromatic heterocycles. The van der Waals surface area contributed by atoms with Crippen LogP contribution in [0.5, 0.6) is 0 Å². The van der Waals surface area contributed by atoms with Gasteiger partial charge in [-0.05, 0) is 38.5 Å². The van der Waals surface area contributed by atoms with Gasteiger partial charge in [0.15, 0.2) is 0 Å². The molecule has 2 N–H and O–H groups in total. The summed E-state index contributed by atoms with van der Waals surface area (Å²) in [5.41, 5.74) is -0.167. The maximum Gasteiger partial charge on any atom is 0.264 e. The Morgan fingerprint density at radius 1 is 1.21 bits per heavy atom. The van der Waals surface area contributed by atoms with Gasteiger partial charge >= 0.3 is 0 Å². The van der Waals surface area contributed by atoms with Crippen molar-refractivity contribution < 1.29 is 18.0 Å². The molecule has 3 rings (SSSR count). The van der Waals surface area contributed by atoms with E-state index >= 15 is 4.39 Å². The lowest BCUT2D eigenvalue weighted by Gasteiger charge is -2.38. The molecular weight excluding hydrogens is 445 g/mol. The quantitative estimate of drug-likeness (QED) is 0.606. The third kappa shape index (κ3) is 5.25. The topological polar surface area (TPSA) is 66.4 Å². The number of amides is 1. The molecule has 2 aromatic rings. The van der Waals surface area contributed by atoms with Crippen LogP contribution in [0, 0.1) is 5.82 Å². The molecule has 9 heteroatoms. The largest absolute Gasteiger partial charge is 0.367 e. The van der Waals surface area contributed by atoms with Crippen molar-refractivity contribution in [3.05, 3.63) is 76.0 Å². The van der Waals surface area contributed by atoms with Gasteiger partial charge < -0.3 is 20.1 Å². The van der Waals surface area contributed by atoms with Crippen molar-refractivity contribution in [1.29, 1.82) is 0 Å². The number of rotatable bonds is 6. The van der Waals surface area contributed by atoms with Crippen molar-refractivity contribution in [2.45, 2.75) is 39.3 Å². The molecular formula is C25H29F3N4O2. The molecule has 1 aromatic carbocycles. The third-order valence-electron chi connectivity index (χ3n) is 5.81. The Morgan fingerprint density at radius 2 is 1.85 bits per heavy atom. The minimum absolute atomic E-state index is 0.114. The van der Waals surface area contributed by atoms with Gasteiger partial charge in [-0.3, -0.25) is 9.59 Å². The number of allylic oxidation sites excluding steroid dienone is 3. The van der Waals surface area contributed by atoms with E-state index in [1.54, 1.807) is 13.0 Å². The van der Waals surface area contributed by atoms with Gasteiger partial charge in [0, 0.05) is 55.6 Å². The first kappa shape index (κ1) is 25.3. The fraction of sp³-hybridized carbons (Fsp3) is 0.360. The highest BCUT2D eigenvalue weighted by Crippen LogP contribution is 2.34. The van der Waals surface area contributed by atoms with Crippen LogP contribution < -0.4 is 21.1 Å².